The standard InChI is InChI=1S/C45H29N3O/c1-4-11-30(12-5-1)31-19-21-32(22-20-31)33-23-25-34(26-24-33)37-27-28-40-39(29-37)42-38(17-10-18-41(42)49-40)45-47-43(35-13-6-2-7-14-35)46-44(48-45)36-15-8-3-9-16-36/h1-29H/i1D,4D,5D,11D,12D. The Labute approximate surface area is 291 Å². The lowest BCUT2D eigenvalue weighted by Gasteiger charge is -2.09. The van der Waals surface area contributed by atoms with Crippen molar-refractivity contribution >= 4 is 21.9 Å². The smallest absolute Gasteiger partial charge is 0.164 e. The Hall–Kier alpha value is -6.65. The summed E-state index contributed by atoms with van der Waals surface area (Å²) in [5.74, 6) is 1.74. The molecular formula is C45H29N3O. The van der Waals surface area contributed by atoms with E-state index >= 15 is 0 Å². The highest BCUT2D eigenvalue weighted by molar-refractivity contribution is 6.12. The molecule has 2 aromatic heterocycles. The molecule has 0 fully saturated rings. The van der Waals surface area contributed by atoms with Gasteiger partial charge in [0, 0.05) is 27.5 Å². The minimum Gasteiger partial charge on any atom is -0.456 e. The molecule has 0 amide bonds. The molecule has 0 aliphatic heterocycles. The third-order valence-corrected chi connectivity index (χ3v) is 8.66. The van der Waals surface area contributed by atoms with Gasteiger partial charge >= 0.3 is 0 Å². The van der Waals surface area contributed by atoms with Crippen molar-refractivity contribution < 1.29 is 11.3 Å². The number of furan rings is 1. The molecule has 4 nitrogen and oxygen atoms in total. The second-order valence-corrected chi connectivity index (χ2v) is 11.7. The number of nitrogens with zero attached hydrogens (tertiary/aromatic N) is 3. The molecular weight excluding hydrogens is 599 g/mol. The van der Waals surface area contributed by atoms with E-state index in [1.54, 1.807) is 12.1 Å². The van der Waals surface area contributed by atoms with Crippen molar-refractivity contribution in [2.75, 3.05) is 0 Å². The zero-order chi connectivity index (χ0) is 36.9. The molecule has 0 aliphatic carbocycles. The summed E-state index contributed by atoms with van der Waals surface area (Å²) < 4.78 is 47.0. The Morgan fingerprint density at radius 2 is 0.898 bits per heavy atom. The van der Waals surface area contributed by atoms with E-state index in [2.05, 4.69) is 36.4 Å². The lowest BCUT2D eigenvalue weighted by molar-refractivity contribution is 0.669. The Bertz CT molecular complexity index is 2770. The number of hydrogen-bond acceptors (Lipinski definition) is 4. The molecule has 0 radical (unpaired) electrons. The molecule has 49 heavy (non-hydrogen) atoms. The molecule has 2 heterocycles. The molecule has 4 heteroatoms. The van der Waals surface area contributed by atoms with Crippen molar-refractivity contribution in [3.63, 3.8) is 0 Å². The van der Waals surface area contributed by atoms with Crippen molar-refractivity contribution in [2.24, 2.45) is 0 Å². The van der Waals surface area contributed by atoms with E-state index in [-0.39, 0.29) is 29.7 Å². The van der Waals surface area contributed by atoms with E-state index in [1.165, 1.54) is 0 Å². The second kappa shape index (κ2) is 12.2. The van der Waals surface area contributed by atoms with Crippen LogP contribution >= 0.6 is 0 Å². The van der Waals surface area contributed by atoms with Gasteiger partial charge in [-0.05, 0) is 51.6 Å². The van der Waals surface area contributed by atoms with Crippen molar-refractivity contribution in [1.29, 1.82) is 0 Å². The first kappa shape index (κ1) is 23.6. The highest BCUT2D eigenvalue weighted by Crippen LogP contribution is 2.38. The SMILES string of the molecule is [2H]c1c([2H])c([2H])c(-c2ccc(-c3ccc(-c4ccc5oc6cccc(-c7nc(-c8ccccc8)nc(-c8ccccc8)n7)c6c5c4)cc3)cc2)c([2H])c1[2H]. The lowest BCUT2D eigenvalue weighted by Crippen LogP contribution is -2.00. The fraction of sp³-hybridized carbons (Fsp3) is 0. The van der Waals surface area contributed by atoms with Crippen LogP contribution in [-0.2, 0) is 0 Å². The molecule has 9 aromatic rings. The van der Waals surface area contributed by atoms with Crippen LogP contribution in [0.3, 0.4) is 0 Å². The first-order valence-corrected chi connectivity index (χ1v) is 15.9. The molecule has 230 valence electrons. The Balaban J connectivity index is 1.09. The van der Waals surface area contributed by atoms with Crippen LogP contribution in [-0.4, -0.2) is 15.0 Å². The fourth-order valence-electron chi connectivity index (χ4n) is 6.20. The number of fused-ring (bicyclic) bond motifs is 3. The highest BCUT2D eigenvalue weighted by atomic mass is 16.3. The van der Waals surface area contributed by atoms with Crippen LogP contribution in [0.4, 0.5) is 0 Å². The second-order valence-electron chi connectivity index (χ2n) is 11.7. The first-order valence-electron chi connectivity index (χ1n) is 18.4. The molecule has 0 saturated heterocycles. The summed E-state index contributed by atoms with van der Waals surface area (Å²) in [5, 5.41) is 1.88. The predicted molar refractivity (Wildman–Crippen MR) is 200 cm³/mol. The van der Waals surface area contributed by atoms with Crippen LogP contribution in [0.2, 0.25) is 0 Å². The Morgan fingerprint density at radius 1 is 0.388 bits per heavy atom. The number of hydrogen-bond donors (Lipinski definition) is 0. The number of benzene rings is 7. The zero-order valence-corrected chi connectivity index (χ0v) is 26.1. The summed E-state index contributed by atoms with van der Waals surface area (Å²) >= 11 is 0. The maximum Gasteiger partial charge on any atom is 0.164 e. The maximum absolute atomic E-state index is 8.33. The topological polar surface area (TPSA) is 51.8 Å². The van der Waals surface area contributed by atoms with E-state index < -0.39 is 6.04 Å². The van der Waals surface area contributed by atoms with Gasteiger partial charge in [-0.25, -0.2) is 15.0 Å². The summed E-state index contributed by atoms with van der Waals surface area (Å²) in [6, 6.07) is 46.2. The molecule has 0 unspecified atom stereocenters. The number of aromatic nitrogens is 3. The van der Waals surface area contributed by atoms with Gasteiger partial charge in [-0.2, -0.15) is 0 Å². The molecule has 7 aromatic carbocycles. The normalized spacial score (nSPS) is 12.7. The van der Waals surface area contributed by atoms with Gasteiger partial charge in [0.25, 0.3) is 0 Å². The van der Waals surface area contributed by atoms with Gasteiger partial charge in [0.05, 0.1) is 6.85 Å². The third kappa shape index (κ3) is 5.45. The van der Waals surface area contributed by atoms with E-state index in [9.17, 15) is 0 Å². The Morgan fingerprint density at radius 3 is 1.49 bits per heavy atom. The van der Waals surface area contributed by atoms with Crippen molar-refractivity contribution in [3.8, 4) is 67.5 Å². The van der Waals surface area contributed by atoms with Crippen molar-refractivity contribution in [2.45, 2.75) is 0 Å². The minimum atomic E-state index is -0.399. The molecule has 0 N–H and O–H groups in total. The highest BCUT2D eigenvalue weighted by Gasteiger charge is 2.18. The zero-order valence-electron chi connectivity index (χ0n) is 31.1. The molecule has 9 rings (SSSR count). The Kier molecular flexibility index (Phi) is 5.87. The average molecular weight is 633 g/mol. The van der Waals surface area contributed by atoms with Crippen LogP contribution in [0, 0.1) is 0 Å². The third-order valence-electron chi connectivity index (χ3n) is 8.66. The van der Waals surface area contributed by atoms with Gasteiger partial charge in [0.15, 0.2) is 17.5 Å². The van der Waals surface area contributed by atoms with Crippen LogP contribution in [0.15, 0.2) is 180 Å². The average Bonchev–Trinajstić information content (AvgIpc) is 3.61. The van der Waals surface area contributed by atoms with Gasteiger partial charge < -0.3 is 4.42 Å². The van der Waals surface area contributed by atoms with Crippen LogP contribution < -0.4 is 0 Å². The van der Waals surface area contributed by atoms with Gasteiger partial charge in [-0.3, -0.25) is 0 Å². The van der Waals surface area contributed by atoms with E-state index in [0.717, 1.165) is 60.9 Å². The number of rotatable bonds is 6. The molecule has 0 spiro atoms. The van der Waals surface area contributed by atoms with Crippen molar-refractivity contribution in [1.82, 2.24) is 15.0 Å². The van der Waals surface area contributed by atoms with Crippen LogP contribution in [0.5, 0.6) is 0 Å². The quantitative estimate of drug-likeness (QED) is 0.183. The van der Waals surface area contributed by atoms with Gasteiger partial charge in [-0.15, -0.1) is 0 Å². The first-order chi connectivity index (χ1) is 26.3. The summed E-state index contributed by atoms with van der Waals surface area (Å²) in [6.45, 7) is 0. The molecule has 0 atom stereocenters. The summed E-state index contributed by atoms with van der Waals surface area (Å²) in [4.78, 5) is 14.8. The fourth-order valence-corrected chi connectivity index (χ4v) is 6.20. The lowest BCUT2D eigenvalue weighted by atomic mass is 9.97. The summed E-state index contributed by atoms with van der Waals surface area (Å²) in [5.41, 5.74) is 8.90. The molecule has 0 aliphatic rings. The van der Waals surface area contributed by atoms with E-state index in [1.807, 2.05) is 97.1 Å². The van der Waals surface area contributed by atoms with E-state index in [0.29, 0.717) is 23.0 Å². The van der Waals surface area contributed by atoms with E-state index in [4.69, 9.17) is 26.2 Å². The summed E-state index contributed by atoms with van der Waals surface area (Å²) in [7, 11) is 0. The van der Waals surface area contributed by atoms with Crippen LogP contribution in [0.1, 0.15) is 6.85 Å². The van der Waals surface area contributed by atoms with Gasteiger partial charge in [0.2, 0.25) is 0 Å². The van der Waals surface area contributed by atoms with Crippen LogP contribution in [0.25, 0.3) is 89.5 Å². The monoisotopic (exact) mass is 632 g/mol. The van der Waals surface area contributed by atoms with Crippen molar-refractivity contribution in [3.05, 3.63) is 176 Å². The molecule has 0 saturated carbocycles. The minimum absolute atomic E-state index is 0.192. The molecule has 0 bridgehead atoms. The van der Waals surface area contributed by atoms with Gasteiger partial charge in [-0.1, -0.05) is 158 Å². The summed E-state index contributed by atoms with van der Waals surface area (Å²) in [6.07, 6.45) is 0. The largest absolute Gasteiger partial charge is 0.456 e. The predicted octanol–water partition coefficient (Wildman–Crippen LogP) is 11.8. The van der Waals surface area contributed by atoms with Gasteiger partial charge in [0.1, 0.15) is 11.2 Å². The maximum atomic E-state index is 8.33.